The van der Waals surface area contributed by atoms with E-state index >= 15 is 0 Å². The van der Waals surface area contributed by atoms with Gasteiger partial charge >= 0.3 is 5.97 Å². The number of carbonyl (C=O) groups excluding carboxylic acids is 1. The smallest absolute Gasteiger partial charge is 0.330 e. The van der Waals surface area contributed by atoms with Crippen molar-refractivity contribution >= 4 is 33.7 Å². The van der Waals surface area contributed by atoms with Gasteiger partial charge in [-0.1, -0.05) is 0 Å². The molecule has 0 saturated heterocycles. The summed E-state index contributed by atoms with van der Waals surface area (Å²) in [5, 5.41) is 0. The lowest BCUT2D eigenvalue weighted by Gasteiger charge is -2.02. The third-order valence-electron chi connectivity index (χ3n) is 1.73. The number of carbonyl (C=O) groups is 1. The molecular formula is C10H9BrFNO2. The first-order valence-corrected chi connectivity index (χ1v) is 4.84. The van der Waals surface area contributed by atoms with Crippen molar-refractivity contribution in [3.05, 3.63) is 34.1 Å². The molecule has 0 bridgehead atoms. The van der Waals surface area contributed by atoms with E-state index in [0.717, 1.165) is 0 Å². The number of nitrogen functional groups attached to an aromatic ring is 1. The fraction of sp³-hybridized carbons (Fsp3) is 0.100. The molecule has 2 N–H and O–H groups in total. The normalized spacial score (nSPS) is 10.6. The van der Waals surface area contributed by atoms with E-state index < -0.39 is 11.8 Å². The lowest BCUT2D eigenvalue weighted by Crippen LogP contribution is -1.95. The third-order valence-corrected chi connectivity index (χ3v) is 2.33. The Morgan fingerprint density at radius 3 is 2.87 bits per heavy atom. The minimum absolute atomic E-state index is 0.260. The number of esters is 1. The Balaban J connectivity index is 3.00. The first kappa shape index (κ1) is 11.7. The second-order valence-corrected chi connectivity index (χ2v) is 3.61. The van der Waals surface area contributed by atoms with Gasteiger partial charge in [0, 0.05) is 11.8 Å². The van der Waals surface area contributed by atoms with Crippen LogP contribution in [0, 0.1) is 5.82 Å². The zero-order valence-electron chi connectivity index (χ0n) is 7.96. The maximum atomic E-state index is 13.0. The molecule has 5 heteroatoms. The molecule has 0 aliphatic rings. The highest BCUT2D eigenvalue weighted by atomic mass is 79.9. The number of methoxy groups -OCH3 is 1. The van der Waals surface area contributed by atoms with E-state index in [1.54, 1.807) is 0 Å². The molecule has 0 aliphatic heterocycles. The Labute approximate surface area is 94.8 Å². The third kappa shape index (κ3) is 3.06. The van der Waals surface area contributed by atoms with Crippen LogP contribution in [0.2, 0.25) is 0 Å². The van der Waals surface area contributed by atoms with Crippen LogP contribution in [0.4, 0.5) is 10.1 Å². The van der Waals surface area contributed by atoms with E-state index in [4.69, 9.17) is 5.73 Å². The van der Waals surface area contributed by atoms with Gasteiger partial charge in [-0.05, 0) is 39.7 Å². The summed E-state index contributed by atoms with van der Waals surface area (Å²) >= 11 is 3.02. The predicted octanol–water partition coefficient (Wildman–Crippen LogP) is 2.36. The van der Waals surface area contributed by atoms with E-state index in [1.165, 1.54) is 31.4 Å². The Kier molecular flexibility index (Phi) is 3.85. The van der Waals surface area contributed by atoms with Crippen LogP contribution < -0.4 is 5.73 Å². The second kappa shape index (κ2) is 4.93. The van der Waals surface area contributed by atoms with Gasteiger partial charge in [0.05, 0.1) is 11.6 Å². The van der Waals surface area contributed by atoms with Crippen LogP contribution in [0.3, 0.4) is 0 Å². The second-order valence-electron chi connectivity index (χ2n) is 2.75. The first-order chi connectivity index (χ1) is 7.04. The molecule has 1 rings (SSSR count). The van der Waals surface area contributed by atoms with Crippen molar-refractivity contribution in [1.29, 1.82) is 0 Å². The van der Waals surface area contributed by atoms with Crippen molar-refractivity contribution in [2.24, 2.45) is 0 Å². The molecule has 1 aromatic rings. The molecule has 0 atom stereocenters. The van der Waals surface area contributed by atoms with Gasteiger partial charge in [0.15, 0.2) is 0 Å². The number of anilines is 1. The van der Waals surface area contributed by atoms with Gasteiger partial charge < -0.3 is 10.5 Å². The quantitative estimate of drug-likeness (QED) is 0.511. The molecule has 0 spiro atoms. The SMILES string of the molecule is COC(=O)/C=C/c1cc(Br)c(F)cc1N. The van der Waals surface area contributed by atoms with E-state index in [2.05, 4.69) is 20.7 Å². The van der Waals surface area contributed by atoms with Crippen LogP contribution in [0.25, 0.3) is 6.08 Å². The average Bonchev–Trinajstić information content (AvgIpc) is 2.21. The number of benzene rings is 1. The van der Waals surface area contributed by atoms with Crippen molar-refractivity contribution in [2.75, 3.05) is 12.8 Å². The summed E-state index contributed by atoms with van der Waals surface area (Å²) in [5.41, 5.74) is 6.36. The maximum Gasteiger partial charge on any atom is 0.330 e. The average molecular weight is 274 g/mol. The number of nitrogens with two attached hydrogens (primary N) is 1. The van der Waals surface area contributed by atoms with Gasteiger partial charge in [0.1, 0.15) is 5.82 Å². The number of rotatable bonds is 2. The van der Waals surface area contributed by atoms with E-state index in [9.17, 15) is 9.18 Å². The number of hydrogen-bond acceptors (Lipinski definition) is 3. The summed E-state index contributed by atoms with van der Waals surface area (Å²) < 4.78 is 17.7. The highest BCUT2D eigenvalue weighted by Gasteiger charge is 2.03. The minimum atomic E-state index is -0.491. The van der Waals surface area contributed by atoms with Crippen LogP contribution in [-0.2, 0) is 9.53 Å². The number of ether oxygens (including phenoxy) is 1. The van der Waals surface area contributed by atoms with E-state index in [1.807, 2.05) is 0 Å². The van der Waals surface area contributed by atoms with Crippen LogP contribution in [0.15, 0.2) is 22.7 Å². The lowest BCUT2D eigenvalue weighted by molar-refractivity contribution is -0.134. The monoisotopic (exact) mass is 273 g/mol. The number of halogens is 2. The molecule has 0 amide bonds. The molecule has 0 fully saturated rings. The van der Waals surface area contributed by atoms with Crippen molar-refractivity contribution < 1.29 is 13.9 Å². The molecule has 0 saturated carbocycles. The van der Waals surface area contributed by atoms with Crippen LogP contribution in [0.1, 0.15) is 5.56 Å². The fourth-order valence-electron chi connectivity index (χ4n) is 0.948. The predicted molar refractivity (Wildman–Crippen MR) is 59.6 cm³/mol. The molecule has 0 unspecified atom stereocenters. The van der Waals surface area contributed by atoms with Crippen molar-refractivity contribution in [2.45, 2.75) is 0 Å². The van der Waals surface area contributed by atoms with Gasteiger partial charge in [-0.15, -0.1) is 0 Å². The molecule has 1 aromatic carbocycles. The summed E-state index contributed by atoms with van der Waals surface area (Å²) in [5.74, 6) is -0.933. The van der Waals surface area contributed by atoms with Crippen molar-refractivity contribution in [3.8, 4) is 0 Å². The summed E-state index contributed by atoms with van der Waals surface area (Å²) in [7, 11) is 1.27. The Hall–Kier alpha value is -1.36. The topological polar surface area (TPSA) is 52.3 Å². The standard InChI is InChI=1S/C10H9BrFNO2/c1-15-10(14)3-2-6-4-7(11)8(12)5-9(6)13/h2-5H,13H2,1H3/b3-2+. The molecule has 80 valence electrons. The molecule has 0 heterocycles. The zero-order valence-corrected chi connectivity index (χ0v) is 9.55. The fourth-order valence-corrected chi connectivity index (χ4v) is 1.31. The van der Waals surface area contributed by atoms with Gasteiger partial charge in [-0.25, -0.2) is 9.18 Å². The first-order valence-electron chi connectivity index (χ1n) is 4.05. The maximum absolute atomic E-state index is 13.0. The summed E-state index contributed by atoms with van der Waals surface area (Å²) in [6, 6.07) is 2.67. The number of hydrogen-bond donors (Lipinski definition) is 1. The highest BCUT2D eigenvalue weighted by molar-refractivity contribution is 9.10. The minimum Gasteiger partial charge on any atom is -0.466 e. The Bertz CT molecular complexity index is 418. The summed E-state index contributed by atoms with van der Waals surface area (Å²) in [6.45, 7) is 0. The largest absolute Gasteiger partial charge is 0.466 e. The molecule has 15 heavy (non-hydrogen) atoms. The van der Waals surface area contributed by atoms with Crippen molar-refractivity contribution in [3.63, 3.8) is 0 Å². The van der Waals surface area contributed by atoms with Gasteiger partial charge in [-0.3, -0.25) is 0 Å². The van der Waals surface area contributed by atoms with Gasteiger partial charge in [0.2, 0.25) is 0 Å². The van der Waals surface area contributed by atoms with Crippen LogP contribution >= 0.6 is 15.9 Å². The zero-order chi connectivity index (χ0) is 11.4. The van der Waals surface area contributed by atoms with Crippen LogP contribution in [-0.4, -0.2) is 13.1 Å². The van der Waals surface area contributed by atoms with E-state index in [-0.39, 0.29) is 5.69 Å². The summed E-state index contributed by atoms with van der Waals surface area (Å²) in [6.07, 6.45) is 2.68. The van der Waals surface area contributed by atoms with Gasteiger partial charge in [-0.2, -0.15) is 0 Å². The lowest BCUT2D eigenvalue weighted by atomic mass is 10.1. The van der Waals surface area contributed by atoms with Gasteiger partial charge in [0.25, 0.3) is 0 Å². The molecular weight excluding hydrogens is 265 g/mol. The Morgan fingerprint density at radius 2 is 2.27 bits per heavy atom. The molecule has 0 aromatic heterocycles. The van der Waals surface area contributed by atoms with E-state index in [0.29, 0.717) is 10.0 Å². The molecule has 3 nitrogen and oxygen atoms in total. The summed E-state index contributed by atoms with van der Waals surface area (Å²) in [4.78, 5) is 10.8. The molecule has 0 aliphatic carbocycles. The van der Waals surface area contributed by atoms with Crippen molar-refractivity contribution in [1.82, 2.24) is 0 Å². The molecule has 0 radical (unpaired) electrons. The Morgan fingerprint density at radius 1 is 1.60 bits per heavy atom. The highest BCUT2D eigenvalue weighted by Crippen LogP contribution is 2.23. The van der Waals surface area contributed by atoms with Crippen LogP contribution in [0.5, 0.6) is 0 Å².